The third kappa shape index (κ3) is 3.42. The molecule has 0 atom stereocenters. The van der Waals surface area contributed by atoms with Gasteiger partial charge in [-0.3, -0.25) is 0 Å². The number of aryl methyl sites for hydroxylation is 1. The summed E-state index contributed by atoms with van der Waals surface area (Å²) >= 11 is 0.863. The lowest BCUT2D eigenvalue weighted by Crippen LogP contribution is -1.86. The van der Waals surface area contributed by atoms with Gasteiger partial charge in [0.2, 0.25) is 0 Å². The van der Waals surface area contributed by atoms with Crippen LogP contribution in [0, 0.1) is 6.92 Å². The molecule has 0 aliphatic heterocycles. The minimum Gasteiger partial charge on any atom is -0.220 e. The van der Waals surface area contributed by atoms with E-state index in [1.807, 2.05) is 31.2 Å². The summed E-state index contributed by atoms with van der Waals surface area (Å²) in [4.78, 5) is 0.685. The molecule has 2 aromatic rings. The van der Waals surface area contributed by atoms with E-state index in [0.29, 0.717) is 10.6 Å². The Morgan fingerprint density at radius 2 is 1.86 bits per heavy atom. The molecule has 0 spiro atoms. The van der Waals surface area contributed by atoms with Crippen LogP contribution >= 0.6 is 12.0 Å². The monoisotopic (exact) mass is 306 g/mol. The Bertz CT molecular complexity index is 703. The van der Waals surface area contributed by atoms with Gasteiger partial charge in [0.05, 0.1) is 22.6 Å². The van der Waals surface area contributed by atoms with Crippen LogP contribution in [0.5, 0.6) is 0 Å². The second kappa shape index (κ2) is 7.23. The average Bonchev–Trinajstić information content (AvgIpc) is 2.49. The molecule has 0 aromatic heterocycles. The van der Waals surface area contributed by atoms with Gasteiger partial charge in [-0.05, 0) is 41.5 Å². The standard InChI is InChI=1S/C13H14N4O3S/c1-8-11-7-10(16-14-2)5-4-9(11)6-12(21-20-19-18)13(8)17-15-3/h4-7,18H,1-3H3. The molecule has 0 radical (unpaired) electrons. The number of hydrogen-bond donors (Lipinski definition) is 1. The minimum absolute atomic E-state index is 0.651. The summed E-state index contributed by atoms with van der Waals surface area (Å²) in [5.74, 6) is 0. The molecule has 0 amide bonds. The first-order chi connectivity index (χ1) is 10.2. The number of rotatable bonds is 5. The Balaban J connectivity index is 2.65. The van der Waals surface area contributed by atoms with Crippen molar-refractivity contribution in [3.63, 3.8) is 0 Å². The molecule has 7 nitrogen and oxygen atoms in total. The van der Waals surface area contributed by atoms with E-state index in [1.165, 1.54) is 0 Å². The minimum atomic E-state index is 0.651. The second-order valence-electron chi connectivity index (χ2n) is 4.08. The van der Waals surface area contributed by atoms with Gasteiger partial charge in [-0.15, -0.1) is 4.33 Å². The van der Waals surface area contributed by atoms with Crippen LogP contribution in [0.4, 0.5) is 11.4 Å². The summed E-state index contributed by atoms with van der Waals surface area (Å²) in [6.45, 7) is 1.93. The van der Waals surface area contributed by atoms with Gasteiger partial charge < -0.3 is 0 Å². The number of fused-ring (bicyclic) bond motifs is 1. The van der Waals surface area contributed by atoms with Gasteiger partial charge >= 0.3 is 0 Å². The zero-order chi connectivity index (χ0) is 15.2. The molecule has 0 saturated carbocycles. The van der Waals surface area contributed by atoms with E-state index < -0.39 is 0 Å². The van der Waals surface area contributed by atoms with E-state index >= 15 is 0 Å². The van der Waals surface area contributed by atoms with Gasteiger partial charge in [-0.25, -0.2) is 5.26 Å². The van der Waals surface area contributed by atoms with E-state index in [2.05, 4.69) is 29.8 Å². The number of nitrogens with zero attached hydrogens (tertiary/aromatic N) is 4. The fourth-order valence-corrected chi connectivity index (χ4v) is 2.59. The van der Waals surface area contributed by atoms with Crippen LogP contribution in [0.15, 0.2) is 49.6 Å². The Morgan fingerprint density at radius 3 is 2.52 bits per heavy atom. The van der Waals surface area contributed by atoms with Crippen LogP contribution in [0.1, 0.15) is 5.56 Å². The topological polar surface area (TPSA) is 88.1 Å². The maximum atomic E-state index is 8.31. The fraction of sp³-hybridized carbons (Fsp3) is 0.231. The molecule has 1 N–H and O–H groups in total. The zero-order valence-corrected chi connectivity index (χ0v) is 12.6. The van der Waals surface area contributed by atoms with Crippen LogP contribution in [0.3, 0.4) is 0 Å². The van der Waals surface area contributed by atoms with Gasteiger partial charge in [0.1, 0.15) is 5.69 Å². The Hall–Kier alpha value is -1.87. The van der Waals surface area contributed by atoms with Crippen molar-refractivity contribution < 1.29 is 14.6 Å². The molecule has 8 heteroatoms. The number of azo groups is 2. The summed E-state index contributed by atoms with van der Waals surface area (Å²) in [7, 11) is 3.21. The quantitative estimate of drug-likeness (QED) is 0.364. The lowest BCUT2D eigenvalue weighted by atomic mass is 10.0. The van der Waals surface area contributed by atoms with Crippen LogP contribution in [0.25, 0.3) is 10.8 Å². The molecule has 0 unspecified atom stereocenters. The molecular formula is C13H14N4O3S. The van der Waals surface area contributed by atoms with Crippen molar-refractivity contribution in [2.75, 3.05) is 14.1 Å². The second-order valence-corrected chi connectivity index (χ2v) is 4.82. The third-order valence-electron chi connectivity index (χ3n) is 2.89. The number of benzene rings is 2. The predicted octanol–water partition coefficient (Wildman–Crippen LogP) is 5.00. The summed E-state index contributed by atoms with van der Waals surface area (Å²) in [5, 5.41) is 29.7. The summed E-state index contributed by atoms with van der Waals surface area (Å²) in [6, 6.07) is 7.61. The van der Waals surface area contributed by atoms with Crippen molar-refractivity contribution in [3.8, 4) is 0 Å². The summed E-state index contributed by atoms with van der Waals surface area (Å²) in [6.07, 6.45) is 0. The van der Waals surface area contributed by atoms with E-state index in [4.69, 9.17) is 5.26 Å². The summed E-state index contributed by atoms with van der Waals surface area (Å²) < 4.78 is 4.51. The third-order valence-corrected chi connectivity index (χ3v) is 3.51. The maximum Gasteiger partial charge on any atom is 0.105 e. The Labute approximate surface area is 125 Å². The molecular weight excluding hydrogens is 292 g/mol. The van der Waals surface area contributed by atoms with Gasteiger partial charge in [0.25, 0.3) is 0 Å². The molecule has 0 fully saturated rings. The van der Waals surface area contributed by atoms with E-state index in [0.717, 1.165) is 34.1 Å². The highest BCUT2D eigenvalue weighted by Gasteiger charge is 2.12. The average molecular weight is 306 g/mol. The first-order valence-electron chi connectivity index (χ1n) is 6.03. The highest BCUT2D eigenvalue weighted by atomic mass is 32.2. The van der Waals surface area contributed by atoms with Gasteiger partial charge in [0, 0.05) is 14.1 Å². The molecule has 2 aromatic carbocycles. The van der Waals surface area contributed by atoms with Crippen LogP contribution in [-0.2, 0) is 9.37 Å². The fourth-order valence-electron chi connectivity index (χ4n) is 2.03. The highest BCUT2D eigenvalue weighted by molar-refractivity contribution is 7.94. The van der Waals surface area contributed by atoms with Gasteiger partial charge in [0.15, 0.2) is 0 Å². The SMILES string of the molecule is CN=Nc1ccc2cc(SOOO)c(N=NC)c(C)c2c1. The molecule has 2 rings (SSSR count). The number of hydrogen-bond acceptors (Lipinski definition) is 8. The van der Waals surface area contributed by atoms with E-state index in [-0.39, 0.29) is 0 Å². The van der Waals surface area contributed by atoms with Crippen molar-refractivity contribution in [2.24, 2.45) is 20.5 Å². The Morgan fingerprint density at radius 1 is 1.10 bits per heavy atom. The lowest BCUT2D eigenvalue weighted by molar-refractivity contribution is -0.432. The molecule has 21 heavy (non-hydrogen) atoms. The molecule has 0 heterocycles. The van der Waals surface area contributed by atoms with Gasteiger partial charge in [-0.1, -0.05) is 11.1 Å². The van der Waals surface area contributed by atoms with Crippen molar-refractivity contribution >= 4 is 34.2 Å². The normalized spacial score (nSPS) is 12.0. The molecule has 0 aliphatic rings. The van der Waals surface area contributed by atoms with Crippen molar-refractivity contribution in [3.05, 3.63) is 29.8 Å². The van der Waals surface area contributed by atoms with Crippen LogP contribution in [-0.4, -0.2) is 19.4 Å². The van der Waals surface area contributed by atoms with E-state index in [9.17, 15) is 0 Å². The largest absolute Gasteiger partial charge is 0.220 e. The van der Waals surface area contributed by atoms with Crippen LogP contribution in [0.2, 0.25) is 0 Å². The summed E-state index contributed by atoms with van der Waals surface area (Å²) in [5.41, 5.74) is 2.34. The smallest absolute Gasteiger partial charge is 0.105 e. The Kier molecular flexibility index (Phi) is 5.34. The molecule has 0 saturated heterocycles. The first kappa shape index (κ1) is 15.5. The molecule has 0 aliphatic carbocycles. The van der Waals surface area contributed by atoms with Gasteiger partial charge in [-0.2, -0.15) is 20.5 Å². The maximum absolute atomic E-state index is 8.31. The zero-order valence-electron chi connectivity index (χ0n) is 11.8. The lowest BCUT2D eigenvalue weighted by Gasteiger charge is -2.10. The van der Waals surface area contributed by atoms with E-state index in [1.54, 1.807) is 14.1 Å². The predicted molar refractivity (Wildman–Crippen MR) is 80.2 cm³/mol. The van der Waals surface area contributed by atoms with Crippen molar-refractivity contribution in [1.82, 2.24) is 0 Å². The highest BCUT2D eigenvalue weighted by Crippen LogP contribution is 2.39. The molecule has 110 valence electrons. The first-order valence-corrected chi connectivity index (χ1v) is 6.77. The van der Waals surface area contributed by atoms with Crippen molar-refractivity contribution in [1.29, 1.82) is 0 Å². The van der Waals surface area contributed by atoms with Crippen LogP contribution < -0.4 is 0 Å². The van der Waals surface area contributed by atoms with Crippen molar-refractivity contribution in [2.45, 2.75) is 11.8 Å². The molecule has 0 bridgehead atoms.